The normalized spacial score (nSPS) is 11.3. The standard InChI is InChI=1S/C25H27N5O7S/c1-3-36-17-8-6-5-7-16(17)30(25(35)22-19(26)20(23(27)33)29-38-22)21(14-9-11-15(31)12-10-14)24(34)28-13-18(32)37-4-2/h5-12,21,31H,3-4,13,26H2,1-2H3,(H2,27,33)(H,28,34). The number of amides is 3. The molecule has 3 rings (SSSR count). The molecule has 0 aliphatic rings. The molecule has 0 fully saturated rings. The number of aromatic nitrogens is 1. The number of nitrogens with two attached hydrogens (primary N) is 2. The number of hydrogen-bond donors (Lipinski definition) is 4. The Morgan fingerprint density at radius 1 is 1.08 bits per heavy atom. The van der Waals surface area contributed by atoms with Crippen LogP contribution < -0.4 is 26.4 Å². The van der Waals surface area contributed by atoms with Crippen molar-refractivity contribution in [3.8, 4) is 11.5 Å². The fourth-order valence-corrected chi connectivity index (χ4v) is 4.32. The van der Waals surface area contributed by atoms with Gasteiger partial charge in [0.05, 0.1) is 24.6 Å². The number of phenols is 1. The number of aromatic hydroxyl groups is 1. The molecule has 0 spiro atoms. The highest BCUT2D eigenvalue weighted by molar-refractivity contribution is 7.09. The van der Waals surface area contributed by atoms with Gasteiger partial charge in [0, 0.05) is 0 Å². The predicted molar refractivity (Wildman–Crippen MR) is 140 cm³/mol. The highest BCUT2D eigenvalue weighted by Crippen LogP contribution is 2.38. The molecule has 3 aromatic rings. The van der Waals surface area contributed by atoms with E-state index in [1.165, 1.54) is 24.3 Å². The van der Waals surface area contributed by atoms with Crippen LogP contribution in [0, 0.1) is 0 Å². The minimum atomic E-state index is -1.38. The molecule has 13 heteroatoms. The maximum absolute atomic E-state index is 14.1. The van der Waals surface area contributed by atoms with E-state index in [2.05, 4.69) is 9.69 Å². The van der Waals surface area contributed by atoms with Gasteiger partial charge in [-0.3, -0.25) is 24.1 Å². The highest BCUT2D eigenvalue weighted by atomic mass is 32.1. The molecule has 0 aliphatic heterocycles. The third-order valence-electron chi connectivity index (χ3n) is 5.23. The van der Waals surface area contributed by atoms with Crippen molar-refractivity contribution >= 4 is 46.6 Å². The Hall–Kier alpha value is -4.65. The van der Waals surface area contributed by atoms with Crippen molar-refractivity contribution in [1.82, 2.24) is 9.69 Å². The quantitative estimate of drug-likeness (QED) is 0.263. The highest BCUT2D eigenvalue weighted by Gasteiger charge is 2.37. The van der Waals surface area contributed by atoms with Gasteiger partial charge in [0.1, 0.15) is 29.0 Å². The molecule has 1 aromatic heterocycles. The fourth-order valence-electron chi connectivity index (χ4n) is 3.58. The molecule has 6 N–H and O–H groups in total. The third kappa shape index (κ3) is 6.18. The molecule has 0 bridgehead atoms. The molecule has 3 amide bonds. The zero-order chi connectivity index (χ0) is 27.8. The van der Waals surface area contributed by atoms with Crippen molar-refractivity contribution in [2.24, 2.45) is 5.73 Å². The van der Waals surface area contributed by atoms with E-state index in [0.717, 1.165) is 4.90 Å². The number of anilines is 2. The van der Waals surface area contributed by atoms with Crippen LogP contribution in [-0.2, 0) is 14.3 Å². The van der Waals surface area contributed by atoms with Gasteiger partial charge in [0.2, 0.25) is 5.91 Å². The molecule has 0 aliphatic carbocycles. The number of carbonyl (C=O) groups excluding carboxylic acids is 4. The largest absolute Gasteiger partial charge is 0.508 e. The average molecular weight is 542 g/mol. The van der Waals surface area contributed by atoms with Gasteiger partial charge < -0.3 is 31.4 Å². The van der Waals surface area contributed by atoms with Crippen molar-refractivity contribution in [3.05, 3.63) is 64.7 Å². The monoisotopic (exact) mass is 541 g/mol. The van der Waals surface area contributed by atoms with Gasteiger partial charge in [-0.25, -0.2) is 0 Å². The topological polar surface area (TPSA) is 187 Å². The van der Waals surface area contributed by atoms with Crippen LogP contribution in [0.4, 0.5) is 11.4 Å². The van der Waals surface area contributed by atoms with Crippen LogP contribution in [0.15, 0.2) is 48.5 Å². The Kier molecular flexibility index (Phi) is 9.22. The SMILES string of the molecule is CCOC(=O)CNC(=O)C(c1ccc(O)cc1)N(C(=O)c1snc(C(N)=O)c1N)c1ccccc1OCC. The third-order valence-corrected chi connectivity index (χ3v) is 6.08. The van der Waals surface area contributed by atoms with E-state index in [1.54, 1.807) is 38.1 Å². The summed E-state index contributed by atoms with van der Waals surface area (Å²) in [6, 6.07) is 10.8. The lowest BCUT2D eigenvalue weighted by Crippen LogP contribution is -2.45. The molecule has 1 unspecified atom stereocenters. The number of nitrogen functional groups attached to an aromatic ring is 1. The Balaban J connectivity index is 2.21. The lowest BCUT2D eigenvalue weighted by atomic mass is 10.0. The number of para-hydroxylation sites is 2. The number of carbonyl (C=O) groups is 4. The van der Waals surface area contributed by atoms with Crippen LogP contribution in [-0.4, -0.2) is 52.9 Å². The number of benzene rings is 2. The molecular weight excluding hydrogens is 514 g/mol. The molecule has 0 saturated carbocycles. The van der Waals surface area contributed by atoms with Crippen molar-refractivity contribution in [2.45, 2.75) is 19.9 Å². The van der Waals surface area contributed by atoms with Gasteiger partial charge >= 0.3 is 5.97 Å². The van der Waals surface area contributed by atoms with Crippen molar-refractivity contribution in [2.75, 3.05) is 30.4 Å². The van der Waals surface area contributed by atoms with E-state index in [4.69, 9.17) is 20.9 Å². The summed E-state index contributed by atoms with van der Waals surface area (Å²) in [5.74, 6) is -2.88. The van der Waals surface area contributed by atoms with Crippen molar-refractivity contribution in [3.63, 3.8) is 0 Å². The van der Waals surface area contributed by atoms with E-state index in [0.29, 0.717) is 17.1 Å². The van der Waals surface area contributed by atoms with E-state index in [9.17, 15) is 24.3 Å². The van der Waals surface area contributed by atoms with Crippen molar-refractivity contribution < 1.29 is 33.8 Å². The summed E-state index contributed by atoms with van der Waals surface area (Å²) in [5, 5.41) is 12.3. The number of esters is 1. The second-order valence-corrected chi connectivity index (χ2v) is 8.50. The lowest BCUT2D eigenvalue weighted by Gasteiger charge is -2.32. The summed E-state index contributed by atoms with van der Waals surface area (Å²) in [6.07, 6.45) is 0. The van der Waals surface area contributed by atoms with Gasteiger partial charge in [-0.1, -0.05) is 24.3 Å². The maximum atomic E-state index is 14.1. The van der Waals surface area contributed by atoms with Gasteiger partial charge in [-0.15, -0.1) is 0 Å². The molecule has 0 radical (unpaired) electrons. The van der Waals surface area contributed by atoms with Gasteiger partial charge in [-0.05, 0) is 55.2 Å². The zero-order valence-corrected chi connectivity index (χ0v) is 21.5. The van der Waals surface area contributed by atoms with Crippen LogP contribution in [0.25, 0.3) is 0 Å². The fraction of sp³-hybridized carbons (Fsp3) is 0.240. The first-order valence-corrected chi connectivity index (χ1v) is 12.3. The second-order valence-electron chi connectivity index (χ2n) is 7.73. The number of nitrogens with zero attached hydrogens (tertiary/aromatic N) is 2. The van der Waals surface area contributed by atoms with Gasteiger partial charge in [-0.2, -0.15) is 4.37 Å². The van der Waals surface area contributed by atoms with E-state index < -0.39 is 36.3 Å². The molecule has 200 valence electrons. The summed E-state index contributed by atoms with van der Waals surface area (Å²) < 4.78 is 14.5. The minimum Gasteiger partial charge on any atom is -0.508 e. The number of hydrogen-bond acceptors (Lipinski definition) is 10. The first-order valence-electron chi connectivity index (χ1n) is 11.5. The van der Waals surface area contributed by atoms with Crippen molar-refractivity contribution in [1.29, 1.82) is 0 Å². The molecule has 0 saturated heterocycles. The van der Waals surface area contributed by atoms with Crippen LogP contribution >= 0.6 is 11.5 Å². The Bertz CT molecular complexity index is 1330. The first kappa shape index (κ1) is 27.9. The smallest absolute Gasteiger partial charge is 0.325 e. The van der Waals surface area contributed by atoms with E-state index in [1.807, 2.05) is 0 Å². The number of nitrogens with one attached hydrogen (secondary N) is 1. The summed E-state index contributed by atoms with van der Waals surface area (Å²) in [5.41, 5.74) is 11.4. The van der Waals surface area contributed by atoms with Gasteiger partial charge in [0.25, 0.3) is 11.8 Å². The first-order chi connectivity index (χ1) is 18.2. The number of rotatable bonds is 11. The molecule has 12 nitrogen and oxygen atoms in total. The molecule has 1 heterocycles. The average Bonchev–Trinajstić information content (AvgIpc) is 3.28. The minimum absolute atomic E-state index is 0.0650. The van der Waals surface area contributed by atoms with Gasteiger partial charge in [0.15, 0.2) is 5.69 Å². The Morgan fingerprint density at radius 2 is 1.76 bits per heavy atom. The second kappa shape index (κ2) is 12.5. The number of primary amides is 1. The van der Waals surface area contributed by atoms with E-state index >= 15 is 0 Å². The Morgan fingerprint density at radius 3 is 2.37 bits per heavy atom. The van der Waals surface area contributed by atoms with Crippen LogP contribution in [0.1, 0.15) is 45.6 Å². The lowest BCUT2D eigenvalue weighted by molar-refractivity contribution is -0.143. The Labute approximate surface area is 222 Å². The molecule has 38 heavy (non-hydrogen) atoms. The number of ether oxygens (including phenoxy) is 2. The summed E-state index contributed by atoms with van der Waals surface area (Å²) >= 11 is 0.653. The molecule has 1 atom stereocenters. The molecular formula is C25H27N5O7S. The summed E-state index contributed by atoms with van der Waals surface area (Å²) in [6.45, 7) is 3.31. The zero-order valence-electron chi connectivity index (χ0n) is 20.7. The summed E-state index contributed by atoms with van der Waals surface area (Å²) in [4.78, 5) is 52.4. The summed E-state index contributed by atoms with van der Waals surface area (Å²) in [7, 11) is 0. The molecule has 2 aromatic carbocycles. The van der Waals surface area contributed by atoms with E-state index in [-0.39, 0.29) is 46.7 Å². The predicted octanol–water partition coefficient (Wildman–Crippen LogP) is 2.00. The van der Waals surface area contributed by atoms with Crippen LogP contribution in [0.2, 0.25) is 0 Å². The maximum Gasteiger partial charge on any atom is 0.325 e. The number of phenolic OH excluding ortho intramolecular Hbond substituents is 1. The van der Waals surface area contributed by atoms with Crippen LogP contribution in [0.3, 0.4) is 0 Å². The van der Waals surface area contributed by atoms with Crippen LogP contribution in [0.5, 0.6) is 11.5 Å².